The molecule has 3 heteroatoms. The lowest BCUT2D eigenvalue weighted by Crippen LogP contribution is -2.13. The van der Waals surface area contributed by atoms with Crippen molar-refractivity contribution in [1.82, 2.24) is 0 Å². The molecule has 19 heavy (non-hydrogen) atoms. The van der Waals surface area contributed by atoms with Crippen molar-refractivity contribution in [2.75, 3.05) is 6.61 Å². The van der Waals surface area contributed by atoms with Crippen LogP contribution >= 0.6 is 15.9 Å². The van der Waals surface area contributed by atoms with E-state index in [0.717, 1.165) is 41.7 Å². The Morgan fingerprint density at radius 2 is 2.16 bits per heavy atom. The fraction of sp³-hybridized carbons (Fsp3) is 0.625. The van der Waals surface area contributed by atoms with E-state index in [2.05, 4.69) is 35.8 Å². The summed E-state index contributed by atoms with van der Waals surface area (Å²) in [5.74, 6) is 1.24. The molecule has 1 aliphatic rings. The molecule has 2 unspecified atom stereocenters. The maximum absolute atomic E-state index is 10.7. The summed E-state index contributed by atoms with van der Waals surface area (Å²) >= 11 is 3.54. The van der Waals surface area contributed by atoms with Crippen LogP contribution in [0.15, 0.2) is 16.6 Å². The van der Waals surface area contributed by atoms with Crippen molar-refractivity contribution in [2.45, 2.75) is 52.1 Å². The van der Waals surface area contributed by atoms with E-state index in [9.17, 15) is 5.11 Å². The number of aliphatic hydroxyl groups excluding tert-OH is 1. The van der Waals surface area contributed by atoms with Gasteiger partial charge in [-0.25, -0.2) is 0 Å². The molecule has 0 radical (unpaired) electrons. The third-order valence-electron chi connectivity index (χ3n) is 4.00. The molecular formula is C16H23BrO2. The highest BCUT2D eigenvalue weighted by atomic mass is 79.9. The Morgan fingerprint density at radius 3 is 2.84 bits per heavy atom. The van der Waals surface area contributed by atoms with Gasteiger partial charge in [-0.15, -0.1) is 0 Å². The van der Waals surface area contributed by atoms with Crippen LogP contribution in [0.4, 0.5) is 0 Å². The van der Waals surface area contributed by atoms with E-state index >= 15 is 0 Å². The first-order valence-corrected chi connectivity index (χ1v) is 8.09. The first kappa shape index (κ1) is 14.9. The normalized spacial score (nSPS) is 16.8. The van der Waals surface area contributed by atoms with Crippen LogP contribution in [0.5, 0.6) is 5.75 Å². The van der Waals surface area contributed by atoms with E-state index in [-0.39, 0.29) is 0 Å². The number of hydrogen-bond donors (Lipinski definition) is 1. The van der Waals surface area contributed by atoms with Crippen LogP contribution in [-0.2, 0) is 6.42 Å². The lowest BCUT2D eigenvalue weighted by molar-refractivity contribution is 0.0960. The van der Waals surface area contributed by atoms with Gasteiger partial charge in [0.2, 0.25) is 0 Å². The number of ether oxygens (including phenoxy) is 1. The summed E-state index contributed by atoms with van der Waals surface area (Å²) in [4.78, 5) is 0. The van der Waals surface area contributed by atoms with Gasteiger partial charge >= 0.3 is 0 Å². The van der Waals surface area contributed by atoms with Crippen LogP contribution in [0.1, 0.15) is 56.8 Å². The molecule has 1 aromatic rings. The minimum atomic E-state index is -0.416. The summed E-state index contributed by atoms with van der Waals surface area (Å²) in [6, 6.07) is 4.12. The molecule has 1 N–H and O–H groups in total. The molecule has 0 saturated heterocycles. The second kappa shape index (κ2) is 6.76. The molecule has 106 valence electrons. The van der Waals surface area contributed by atoms with Crippen molar-refractivity contribution >= 4 is 15.9 Å². The summed E-state index contributed by atoms with van der Waals surface area (Å²) in [6.45, 7) is 5.08. The van der Waals surface area contributed by atoms with Crippen molar-refractivity contribution in [2.24, 2.45) is 5.92 Å². The van der Waals surface area contributed by atoms with Crippen molar-refractivity contribution in [3.63, 3.8) is 0 Å². The van der Waals surface area contributed by atoms with Gasteiger partial charge in [0.05, 0.1) is 12.7 Å². The Bertz CT molecular complexity index is 431. The molecule has 1 aromatic carbocycles. The quantitative estimate of drug-likeness (QED) is 0.825. The standard InChI is InChI=1S/C16H23BrO2/c1-3-5-6-11(4-2)15(18)14-10-13(17)9-12-7-8-19-16(12)14/h9-11,15,18H,3-8H2,1-2H3. The highest BCUT2D eigenvalue weighted by molar-refractivity contribution is 9.10. The molecule has 0 spiro atoms. The summed E-state index contributed by atoms with van der Waals surface area (Å²) in [5, 5.41) is 10.7. The largest absolute Gasteiger partial charge is 0.493 e. The minimum Gasteiger partial charge on any atom is -0.493 e. The lowest BCUT2D eigenvalue weighted by Gasteiger charge is -2.23. The predicted octanol–water partition coefficient (Wildman–Crippen LogP) is 4.63. The van der Waals surface area contributed by atoms with Crippen LogP contribution in [0.25, 0.3) is 0 Å². The molecule has 2 nitrogen and oxygen atoms in total. The zero-order valence-electron chi connectivity index (χ0n) is 11.8. The van der Waals surface area contributed by atoms with E-state index in [4.69, 9.17) is 4.74 Å². The van der Waals surface area contributed by atoms with Gasteiger partial charge in [0.1, 0.15) is 5.75 Å². The maximum Gasteiger partial charge on any atom is 0.128 e. The Labute approximate surface area is 124 Å². The van der Waals surface area contributed by atoms with E-state index in [1.54, 1.807) is 0 Å². The van der Waals surface area contributed by atoms with Gasteiger partial charge in [0.25, 0.3) is 0 Å². The molecule has 1 aliphatic heterocycles. The molecule has 1 heterocycles. The number of rotatable bonds is 6. The number of halogens is 1. The van der Waals surface area contributed by atoms with E-state index < -0.39 is 6.10 Å². The van der Waals surface area contributed by atoms with Crippen LogP contribution in [-0.4, -0.2) is 11.7 Å². The van der Waals surface area contributed by atoms with E-state index in [1.807, 2.05) is 6.07 Å². The van der Waals surface area contributed by atoms with E-state index in [1.165, 1.54) is 18.4 Å². The second-order valence-electron chi connectivity index (χ2n) is 5.34. The third-order valence-corrected chi connectivity index (χ3v) is 4.45. The Morgan fingerprint density at radius 1 is 1.37 bits per heavy atom. The van der Waals surface area contributed by atoms with Crippen LogP contribution < -0.4 is 4.74 Å². The molecule has 2 atom stereocenters. The van der Waals surface area contributed by atoms with Crippen LogP contribution in [0.3, 0.4) is 0 Å². The monoisotopic (exact) mass is 326 g/mol. The zero-order chi connectivity index (χ0) is 13.8. The smallest absolute Gasteiger partial charge is 0.128 e. The molecule has 0 amide bonds. The zero-order valence-corrected chi connectivity index (χ0v) is 13.4. The molecule has 0 aromatic heterocycles. The first-order valence-electron chi connectivity index (χ1n) is 7.30. The van der Waals surface area contributed by atoms with Crippen LogP contribution in [0.2, 0.25) is 0 Å². The molecule has 0 bridgehead atoms. The van der Waals surface area contributed by atoms with E-state index in [0.29, 0.717) is 5.92 Å². The fourth-order valence-corrected chi connectivity index (χ4v) is 3.35. The highest BCUT2D eigenvalue weighted by Gasteiger charge is 2.26. The molecule has 0 saturated carbocycles. The number of hydrogen-bond acceptors (Lipinski definition) is 2. The van der Waals surface area contributed by atoms with Gasteiger partial charge in [0.15, 0.2) is 0 Å². The number of benzene rings is 1. The van der Waals surface area contributed by atoms with Gasteiger partial charge < -0.3 is 9.84 Å². The summed E-state index contributed by atoms with van der Waals surface area (Å²) in [7, 11) is 0. The highest BCUT2D eigenvalue weighted by Crippen LogP contribution is 2.40. The Hall–Kier alpha value is -0.540. The second-order valence-corrected chi connectivity index (χ2v) is 6.25. The first-order chi connectivity index (χ1) is 9.17. The summed E-state index contributed by atoms with van der Waals surface area (Å²) < 4.78 is 6.76. The molecular weight excluding hydrogens is 304 g/mol. The summed E-state index contributed by atoms with van der Waals surface area (Å²) in [6.07, 6.45) is 4.96. The van der Waals surface area contributed by atoms with Crippen molar-refractivity contribution in [1.29, 1.82) is 0 Å². The number of fused-ring (bicyclic) bond motifs is 1. The van der Waals surface area contributed by atoms with Gasteiger partial charge in [-0.2, -0.15) is 0 Å². The SMILES string of the molecule is CCCCC(CC)C(O)c1cc(Br)cc2c1OCC2. The van der Waals surface area contributed by atoms with Crippen molar-refractivity contribution in [3.8, 4) is 5.75 Å². The van der Waals surface area contributed by atoms with Gasteiger partial charge in [-0.3, -0.25) is 0 Å². The lowest BCUT2D eigenvalue weighted by atomic mass is 9.88. The van der Waals surface area contributed by atoms with Crippen LogP contribution in [0, 0.1) is 5.92 Å². The number of aliphatic hydroxyl groups is 1. The molecule has 2 rings (SSSR count). The maximum atomic E-state index is 10.7. The average Bonchev–Trinajstić information content (AvgIpc) is 2.86. The third kappa shape index (κ3) is 3.32. The molecule has 0 fully saturated rings. The minimum absolute atomic E-state index is 0.322. The summed E-state index contributed by atoms with van der Waals surface area (Å²) in [5.41, 5.74) is 2.18. The van der Waals surface area contributed by atoms with Crippen molar-refractivity contribution in [3.05, 3.63) is 27.7 Å². The Balaban J connectivity index is 2.25. The predicted molar refractivity (Wildman–Crippen MR) is 81.6 cm³/mol. The number of unbranched alkanes of at least 4 members (excludes halogenated alkanes) is 1. The topological polar surface area (TPSA) is 29.5 Å². The molecule has 0 aliphatic carbocycles. The Kier molecular flexibility index (Phi) is 5.28. The van der Waals surface area contributed by atoms with Gasteiger partial charge in [0, 0.05) is 16.5 Å². The van der Waals surface area contributed by atoms with Gasteiger partial charge in [-0.1, -0.05) is 49.0 Å². The van der Waals surface area contributed by atoms with Gasteiger partial charge in [-0.05, 0) is 30.0 Å². The fourth-order valence-electron chi connectivity index (χ4n) is 2.82. The average molecular weight is 327 g/mol. The van der Waals surface area contributed by atoms with Crippen molar-refractivity contribution < 1.29 is 9.84 Å².